The third-order valence-electron chi connectivity index (χ3n) is 4.83. The molecular weight excluding hydrogens is 256 g/mol. The van der Waals surface area contributed by atoms with Crippen molar-refractivity contribution in [3.63, 3.8) is 0 Å². The van der Waals surface area contributed by atoms with Crippen LogP contribution in [0.25, 0.3) is 0 Å². The summed E-state index contributed by atoms with van der Waals surface area (Å²) in [5.74, 6) is 2.80. The van der Waals surface area contributed by atoms with Crippen molar-refractivity contribution in [2.24, 2.45) is 11.8 Å². The molecule has 2 saturated carbocycles. The van der Waals surface area contributed by atoms with Crippen LogP contribution in [0.3, 0.4) is 0 Å². The molecule has 2 bridgehead atoms. The van der Waals surface area contributed by atoms with Crippen molar-refractivity contribution in [1.29, 1.82) is 0 Å². The molecule has 3 rings (SSSR count). The normalized spacial score (nSPS) is 28.9. The fourth-order valence-electron chi connectivity index (χ4n) is 3.60. The maximum Gasteiger partial charge on any atom is 0.321 e. The van der Waals surface area contributed by atoms with Gasteiger partial charge in [0.2, 0.25) is 5.89 Å². The van der Waals surface area contributed by atoms with E-state index in [0.717, 1.165) is 11.7 Å². The second kappa shape index (κ2) is 4.86. The van der Waals surface area contributed by atoms with Crippen molar-refractivity contribution < 1.29 is 14.1 Å². The average Bonchev–Trinajstić information content (AvgIpc) is 3.14. The van der Waals surface area contributed by atoms with Crippen molar-refractivity contribution in [3.05, 3.63) is 11.7 Å². The van der Waals surface area contributed by atoms with Gasteiger partial charge in [0, 0.05) is 5.92 Å². The number of hydrogen-bond donors (Lipinski definition) is 0. The van der Waals surface area contributed by atoms with Gasteiger partial charge in [-0.1, -0.05) is 11.6 Å². The van der Waals surface area contributed by atoms with Crippen LogP contribution in [0, 0.1) is 11.8 Å². The number of carbonyl (C=O) groups is 1. The number of fused-ring (bicyclic) bond motifs is 2. The summed E-state index contributed by atoms with van der Waals surface area (Å²) in [5.41, 5.74) is -0.876. The van der Waals surface area contributed by atoms with Gasteiger partial charge in [-0.25, -0.2) is 0 Å². The molecule has 0 saturated heterocycles. The Kier molecular flexibility index (Phi) is 3.30. The van der Waals surface area contributed by atoms with Gasteiger partial charge in [0.05, 0.1) is 6.61 Å². The van der Waals surface area contributed by atoms with Gasteiger partial charge in [0.25, 0.3) is 0 Å². The first-order valence-corrected chi connectivity index (χ1v) is 7.53. The maximum atomic E-state index is 12.0. The average molecular weight is 278 g/mol. The maximum absolute atomic E-state index is 12.0. The van der Waals surface area contributed by atoms with E-state index >= 15 is 0 Å². The molecule has 0 aliphatic heterocycles. The van der Waals surface area contributed by atoms with Gasteiger partial charge in [0.15, 0.2) is 5.82 Å². The molecule has 1 aromatic heterocycles. The molecule has 0 amide bonds. The standard InChI is InChI=1S/C15H22N2O3/c1-4-19-14(18)15(2,3)13-16-12(17-20-13)11-8-9-5-6-10(11)7-9/h9-11H,4-8H2,1-3H3. The highest BCUT2D eigenvalue weighted by Crippen LogP contribution is 2.52. The van der Waals surface area contributed by atoms with Gasteiger partial charge >= 0.3 is 5.97 Å². The summed E-state index contributed by atoms with van der Waals surface area (Å²) in [5, 5.41) is 4.13. The molecule has 0 aromatic carbocycles. The summed E-state index contributed by atoms with van der Waals surface area (Å²) in [6.45, 7) is 5.68. The van der Waals surface area contributed by atoms with Crippen LogP contribution in [0.15, 0.2) is 4.52 Å². The summed E-state index contributed by atoms with van der Waals surface area (Å²) < 4.78 is 10.4. The quantitative estimate of drug-likeness (QED) is 0.792. The molecule has 0 radical (unpaired) electrons. The number of ether oxygens (including phenoxy) is 1. The third-order valence-corrected chi connectivity index (χ3v) is 4.83. The fraction of sp³-hybridized carbons (Fsp3) is 0.800. The summed E-state index contributed by atoms with van der Waals surface area (Å²) in [6, 6.07) is 0. The predicted molar refractivity (Wildman–Crippen MR) is 72.1 cm³/mol. The van der Waals surface area contributed by atoms with E-state index in [1.807, 2.05) is 0 Å². The molecule has 5 heteroatoms. The van der Waals surface area contributed by atoms with Crippen molar-refractivity contribution in [3.8, 4) is 0 Å². The fourth-order valence-corrected chi connectivity index (χ4v) is 3.60. The van der Waals surface area contributed by atoms with E-state index in [2.05, 4.69) is 10.1 Å². The topological polar surface area (TPSA) is 65.2 Å². The van der Waals surface area contributed by atoms with E-state index in [1.165, 1.54) is 25.7 Å². The lowest BCUT2D eigenvalue weighted by Gasteiger charge is -2.18. The van der Waals surface area contributed by atoms with Gasteiger partial charge in [0.1, 0.15) is 5.41 Å². The molecule has 20 heavy (non-hydrogen) atoms. The smallest absolute Gasteiger partial charge is 0.321 e. The molecule has 1 aromatic rings. The van der Waals surface area contributed by atoms with Gasteiger partial charge in [-0.2, -0.15) is 4.98 Å². The van der Waals surface area contributed by atoms with Gasteiger partial charge in [-0.3, -0.25) is 4.79 Å². The number of nitrogens with zero attached hydrogens (tertiary/aromatic N) is 2. The van der Waals surface area contributed by atoms with Gasteiger partial charge in [-0.05, 0) is 51.9 Å². The Morgan fingerprint density at radius 1 is 1.40 bits per heavy atom. The SMILES string of the molecule is CCOC(=O)C(C)(C)c1nc(C2CC3CCC2C3)no1. The Labute approximate surface area is 119 Å². The Morgan fingerprint density at radius 3 is 2.80 bits per heavy atom. The molecule has 110 valence electrons. The highest BCUT2D eigenvalue weighted by molar-refractivity contribution is 5.80. The van der Waals surface area contributed by atoms with Gasteiger partial charge in [-0.15, -0.1) is 0 Å². The first-order chi connectivity index (χ1) is 9.52. The van der Waals surface area contributed by atoms with E-state index in [0.29, 0.717) is 24.3 Å². The minimum atomic E-state index is -0.876. The Bertz CT molecular complexity index is 509. The largest absolute Gasteiger partial charge is 0.465 e. The van der Waals surface area contributed by atoms with Crippen molar-refractivity contribution >= 4 is 5.97 Å². The van der Waals surface area contributed by atoms with Crippen LogP contribution >= 0.6 is 0 Å². The van der Waals surface area contributed by atoms with E-state index in [1.54, 1.807) is 20.8 Å². The Balaban J connectivity index is 1.78. The van der Waals surface area contributed by atoms with Crippen molar-refractivity contribution in [2.45, 2.75) is 57.8 Å². The number of rotatable bonds is 4. The van der Waals surface area contributed by atoms with Crippen molar-refractivity contribution in [1.82, 2.24) is 10.1 Å². The molecule has 5 nitrogen and oxygen atoms in total. The zero-order valence-electron chi connectivity index (χ0n) is 12.4. The lowest BCUT2D eigenvalue weighted by molar-refractivity contribution is -0.149. The number of hydrogen-bond acceptors (Lipinski definition) is 5. The second-order valence-electron chi connectivity index (χ2n) is 6.58. The number of aromatic nitrogens is 2. The molecule has 0 N–H and O–H groups in total. The molecule has 2 fully saturated rings. The van der Waals surface area contributed by atoms with Crippen LogP contribution in [0.2, 0.25) is 0 Å². The minimum absolute atomic E-state index is 0.317. The summed E-state index contributed by atoms with van der Waals surface area (Å²) in [7, 11) is 0. The lowest BCUT2D eigenvalue weighted by atomic mass is 9.88. The first kappa shape index (κ1) is 13.6. The highest BCUT2D eigenvalue weighted by Gasteiger charge is 2.44. The van der Waals surface area contributed by atoms with Gasteiger partial charge < -0.3 is 9.26 Å². The Morgan fingerprint density at radius 2 is 2.20 bits per heavy atom. The molecule has 1 heterocycles. The van der Waals surface area contributed by atoms with Crippen LogP contribution in [0.1, 0.15) is 64.1 Å². The Hall–Kier alpha value is -1.39. The monoisotopic (exact) mass is 278 g/mol. The van der Waals surface area contributed by atoms with Crippen LogP contribution in [0.4, 0.5) is 0 Å². The second-order valence-corrected chi connectivity index (χ2v) is 6.58. The van der Waals surface area contributed by atoms with E-state index in [9.17, 15) is 4.79 Å². The molecule has 2 aliphatic rings. The third kappa shape index (κ3) is 2.13. The zero-order valence-corrected chi connectivity index (χ0v) is 12.4. The predicted octanol–water partition coefficient (Wildman–Crippen LogP) is 2.81. The lowest BCUT2D eigenvalue weighted by Crippen LogP contribution is -2.31. The summed E-state index contributed by atoms with van der Waals surface area (Å²) in [6.07, 6.45) is 5.10. The first-order valence-electron chi connectivity index (χ1n) is 7.53. The molecule has 3 atom stereocenters. The van der Waals surface area contributed by atoms with E-state index in [4.69, 9.17) is 9.26 Å². The molecular formula is C15H22N2O3. The summed E-state index contributed by atoms with van der Waals surface area (Å²) in [4.78, 5) is 16.5. The molecule has 2 aliphatic carbocycles. The number of carbonyl (C=O) groups excluding carboxylic acids is 1. The minimum Gasteiger partial charge on any atom is -0.465 e. The zero-order chi connectivity index (χ0) is 14.3. The van der Waals surface area contributed by atoms with E-state index < -0.39 is 5.41 Å². The van der Waals surface area contributed by atoms with Crippen LogP contribution in [0.5, 0.6) is 0 Å². The number of esters is 1. The highest BCUT2D eigenvalue weighted by atomic mass is 16.5. The van der Waals surface area contributed by atoms with Crippen LogP contribution in [-0.2, 0) is 14.9 Å². The molecule has 0 spiro atoms. The van der Waals surface area contributed by atoms with Crippen molar-refractivity contribution in [2.75, 3.05) is 6.61 Å². The van der Waals surface area contributed by atoms with E-state index in [-0.39, 0.29) is 5.97 Å². The molecule has 3 unspecified atom stereocenters. The van der Waals surface area contributed by atoms with Crippen LogP contribution < -0.4 is 0 Å². The van der Waals surface area contributed by atoms with Crippen LogP contribution in [-0.4, -0.2) is 22.7 Å². The summed E-state index contributed by atoms with van der Waals surface area (Å²) >= 11 is 0.